The highest BCUT2D eigenvalue weighted by molar-refractivity contribution is 6.32. The van der Waals surface area contributed by atoms with Gasteiger partial charge in [-0.15, -0.1) is 0 Å². The summed E-state index contributed by atoms with van der Waals surface area (Å²) in [5, 5.41) is 13.2. The molecule has 3 rings (SSSR count). The van der Waals surface area contributed by atoms with E-state index in [1.807, 2.05) is 36.4 Å². The first-order valence-electron chi connectivity index (χ1n) is 7.61. The third-order valence-corrected chi connectivity index (χ3v) is 4.26. The molecule has 3 heteroatoms. The second-order valence-electron chi connectivity index (χ2n) is 5.45. The third-order valence-electron chi connectivity index (χ3n) is 4.26. The lowest BCUT2D eigenvalue weighted by Crippen LogP contribution is -2.27. The van der Waals surface area contributed by atoms with Gasteiger partial charge >= 0.3 is 0 Å². The van der Waals surface area contributed by atoms with Crippen molar-refractivity contribution in [3.63, 3.8) is 0 Å². The maximum atomic E-state index is 9.61. The van der Waals surface area contributed by atoms with E-state index in [1.165, 1.54) is 5.56 Å². The summed E-state index contributed by atoms with van der Waals surface area (Å²) >= 11 is 0. The van der Waals surface area contributed by atoms with Crippen LogP contribution in [0.2, 0.25) is 0 Å². The molecule has 0 amide bonds. The highest BCUT2D eigenvalue weighted by Crippen LogP contribution is 2.36. The highest BCUT2D eigenvalue weighted by atomic mass is 16.4. The van der Waals surface area contributed by atoms with Crippen molar-refractivity contribution >= 4 is 11.3 Å². The number of oxime groups is 1. The molecule has 0 fully saturated rings. The third kappa shape index (κ3) is 2.39. The first-order valence-corrected chi connectivity index (χ1v) is 7.61. The topological polar surface area (TPSA) is 35.8 Å². The Hall–Kier alpha value is -2.55. The molecule has 1 atom stereocenters. The molecule has 3 nitrogen and oxygen atoms in total. The first kappa shape index (κ1) is 14.4. The van der Waals surface area contributed by atoms with E-state index in [0.29, 0.717) is 11.8 Å². The summed E-state index contributed by atoms with van der Waals surface area (Å²) in [5.74, 6) is 0. The molecule has 22 heavy (non-hydrogen) atoms. The Labute approximate surface area is 131 Å². The van der Waals surface area contributed by atoms with Crippen LogP contribution in [-0.2, 0) is 0 Å². The maximum Gasteiger partial charge on any atom is 0.119 e. The molecular formula is C19H20N2O. The van der Waals surface area contributed by atoms with Gasteiger partial charge in [-0.1, -0.05) is 59.8 Å². The van der Waals surface area contributed by atoms with Crippen LogP contribution in [0.25, 0.3) is 5.57 Å². The van der Waals surface area contributed by atoms with Gasteiger partial charge in [0, 0.05) is 23.9 Å². The second kappa shape index (κ2) is 6.06. The number of rotatable bonds is 3. The molecule has 0 radical (unpaired) electrons. The Morgan fingerprint density at radius 2 is 1.77 bits per heavy atom. The van der Waals surface area contributed by atoms with Crippen molar-refractivity contribution < 1.29 is 5.21 Å². The van der Waals surface area contributed by atoms with Gasteiger partial charge in [-0.3, -0.25) is 0 Å². The fourth-order valence-corrected chi connectivity index (χ4v) is 3.05. The summed E-state index contributed by atoms with van der Waals surface area (Å²) in [6.07, 6.45) is 2.11. The van der Waals surface area contributed by atoms with Crippen LogP contribution in [0.5, 0.6) is 0 Å². The lowest BCUT2D eigenvalue weighted by Gasteiger charge is -2.34. The number of fused-ring (bicyclic) bond motifs is 1. The molecule has 112 valence electrons. The second-order valence-corrected chi connectivity index (χ2v) is 5.45. The lowest BCUT2D eigenvalue weighted by molar-refractivity contribution is 0.308. The quantitative estimate of drug-likeness (QED) is 0.520. The summed E-state index contributed by atoms with van der Waals surface area (Å²) in [7, 11) is 0. The fraction of sp³-hybridized carbons (Fsp3) is 0.211. The van der Waals surface area contributed by atoms with Crippen LogP contribution in [0.15, 0.2) is 66.0 Å². The van der Waals surface area contributed by atoms with E-state index in [2.05, 4.69) is 48.3 Å². The summed E-state index contributed by atoms with van der Waals surface area (Å²) in [4.78, 5) is 2.27. The summed E-state index contributed by atoms with van der Waals surface area (Å²) in [6, 6.07) is 18.5. The van der Waals surface area contributed by atoms with Crippen molar-refractivity contribution in [1.82, 2.24) is 4.90 Å². The SMILES string of the molecule is CCN1C=C(/C(=N/O)c2ccccc2)c2ccccc2C1C. The largest absolute Gasteiger partial charge is 0.410 e. The summed E-state index contributed by atoms with van der Waals surface area (Å²) in [6.45, 7) is 5.25. The van der Waals surface area contributed by atoms with E-state index < -0.39 is 0 Å². The van der Waals surface area contributed by atoms with Crippen molar-refractivity contribution in [1.29, 1.82) is 0 Å². The van der Waals surface area contributed by atoms with Gasteiger partial charge in [0.2, 0.25) is 0 Å². The zero-order valence-electron chi connectivity index (χ0n) is 12.9. The van der Waals surface area contributed by atoms with E-state index in [1.54, 1.807) is 0 Å². The molecular weight excluding hydrogens is 272 g/mol. The van der Waals surface area contributed by atoms with Crippen LogP contribution in [0.1, 0.15) is 36.6 Å². The van der Waals surface area contributed by atoms with Crippen LogP contribution in [0.4, 0.5) is 0 Å². The van der Waals surface area contributed by atoms with Crippen LogP contribution in [0, 0.1) is 0 Å². The van der Waals surface area contributed by atoms with Crippen LogP contribution in [-0.4, -0.2) is 22.4 Å². The van der Waals surface area contributed by atoms with E-state index in [9.17, 15) is 5.21 Å². The van der Waals surface area contributed by atoms with E-state index in [0.717, 1.165) is 23.2 Å². The molecule has 1 aliphatic heterocycles. The number of hydrogen-bond donors (Lipinski definition) is 1. The minimum absolute atomic E-state index is 0.320. The standard InChI is InChI=1S/C19H20N2O/c1-3-21-13-18(17-12-8-7-11-16(17)14(21)2)19(20-22)15-9-5-4-6-10-15/h4-14,22H,3H2,1-2H3/b20-19+. The molecule has 1 aliphatic rings. The molecule has 0 spiro atoms. The maximum absolute atomic E-state index is 9.61. The van der Waals surface area contributed by atoms with Crippen LogP contribution < -0.4 is 0 Å². The molecule has 0 saturated carbocycles. The Morgan fingerprint density at radius 1 is 1.09 bits per heavy atom. The number of benzene rings is 2. The average molecular weight is 292 g/mol. The van der Waals surface area contributed by atoms with Crippen molar-refractivity contribution in [3.05, 3.63) is 77.5 Å². The van der Waals surface area contributed by atoms with Crippen molar-refractivity contribution in [3.8, 4) is 0 Å². The molecule has 1 unspecified atom stereocenters. The zero-order valence-corrected chi connectivity index (χ0v) is 12.9. The Bertz CT molecular complexity index is 719. The van der Waals surface area contributed by atoms with Gasteiger partial charge in [-0.2, -0.15) is 0 Å². The summed E-state index contributed by atoms with van der Waals surface area (Å²) in [5.41, 5.74) is 4.88. The van der Waals surface area contributed by atoms with Crippen molar-refractivity contribution in [2.24, 2.45) is 5.16 Å². The molecule has 0 saturated heterocycles. The first-order chi connectivity index (χ1) is 10.8. The Balaban J connectivity index is 2.16. The monoisotopic (exact) mass is 292 g/mol. The molecule has 2 aromatic carbocycles. The number of allylic oxidation sites excluding steroid dienone is 1. The van der Waals surface area contributed by atoms with Gasteiger partial charge in [0.05, 0.1) is 6.04 Å². The molecule has 0 aromatic heterocycles. The van der Waals surface area contributed by atoms with Crippen LogP contribution in [0.3, 0.4) is 0 Å². The highest BCUT2D eigenvalue weighted by Gasteiger charge is 2.26. The van der Waals surface area contributed by atoms with Gasteiger partial charge in [0.15, 0.2) is 0 Å². The molecule has 0 bridgehead atoms. The number of hydrogen-bond acceptors (Lipinski definition) is 3. The molecule has 2 aromatic rings. The van der Waals surface area contributed by atoms with Crippen molar-refractivity contribution in [2.45, 2.75) is 19.9 Å². The normalized spacial score (nSPS) is 17.9. The molecule has 0 aliphatic carbocycles. The predicted octanol–water partition coefficient (Wildman–Crippen LogP) is 4.30. The zero-order chi connectivity index (χ0) is 15.5. The van der Waals surface area contributed by atoms with Gasteiger partial charge < -0.3 is 10.1 Å². The van der Waals surface area contributed by atoms with Gasteiger partial charge in [-0.05, 0) is 25.0 Å². The van der Waals surface area contributed by atoms with E-state index in [-0.39, 0.29) is 0 Å². The number of nitrogens with zero attached hydrogens (tertiary/aromatic N) is 2. The minimum atomic E-state index is 0.320. The minimum Gasteiger partial charge on any atom is -0.410 e. The van der Waals surface area contributed by atoms with Gasteiger partial charge in [0.1, 0.15) is 5.71 Å². The Kier molecular flexibility index (Phi) is 3.96. The Morgan fingerprint density at radius 3 is 2.45 bits per heavy atom. The van der Waals surface area contributed by atoms with E-state index >= 15 is 0 Å². The molecule has 1 heterocycles. The fourth-order valence-electron chi connectivity index (χ4n) is 3.05. The van der Waals surface area contributed by atoms with Crippen LogP contribution >= 0.6 is 0 Å². The predicted molar refractivity (Wildman–Crippen MR) is 90.0 cm³/mol. The smallest absolute Gasteiger partial charge is 0.119 e. The van der Waals surface area contributed by atoms with Crippen molar-refractivity contribution in [2.75, 3.05) is 6.54 Å². The summed E-state index contributed by atoms with van der Waals surface area (Å²) < 4.78 is 0. The average Bonchev–Trinajstić information content (AvgIpc) is 2.58. The van der Waals surface area contributed by atoms with Gasteiger partial charge in [-0.25, -0.2) is 0 Å². The van der Waals surface area contributed by atoms with E-state index in [4.69, 9.17) is 0 Å². The molecule has 1 N–H and O–H groups in total. The lowest BCUT2D eigenvalue weighted by atomic mass is 9.87. The van der Waals surface area contributed by atoms with Gasteiger partial charge in [0.25, 0.3) is 0 Å².